The zero-order valence-corrected chi connectivity index (χ0v) is 15.2. The predicted molar refractivity (Wildman–Crippen MR) is 95.0 cm³/mol. The van der Waals surface area contributed by atoms with E-state index in [1.165, 1.54) is 17.7 Å². The van der Waals surface area contributed by atoms with Crippen molar-refractivity contribution in [3.63, 3.8) is 0 Å². The van der Waals surface area contributed by atoms with Gasteiger partial charge < -0.3 is 14.8 Å². The molecule has 1 N–H and O–H groups in total. The molecule has 130 valence electrons. The van der Waals surface area contributed by atoms with Gasteiger partial charge in [-0.3, -0.25) is 4.68 Å². The molecule has 0 amide bonds. The fourth-order valence-corrected chi connectivity index (χ4v) is 3.73. The predicted octanol–water partition coefficient (Wildman–Crippen LogP) is 3.74. The average Bonchev–Trinajstić information content (AvgIpc) is 3.03. The number of hydrogen-bond acceptors (Lipinski definition) is 4. The Balaban J connectivity index is 1.75. The van der Waals surface area contributed by atoms with Crippen molar-refractivity contribution in [1.29, 1.82) is 0 Å². The molecule has 5 nitrogen and oxygen atoms in total. The summed E-state index contributed by atoms with van der Waals surface area (Å²) in [7, 11) is 3.22. The Morgan fingerprint density at radius 2 is 2.17 bits per heavy atom. The second kappa shape index (κ2) is 7.45. The first-order valence-corrected chi connectivity index (χ1v) is 8.74. The van der Waals surface area contributed by atoms with Crippen LogP contribution in [0.1, 0.15) is 42.6 Å². The lowest BCUT2D eigenvalue weighted by molar-refractivity contribution is 0.354. The second-order valence-corrected chi connectivity index (χ2v) is 6.41. The quantitative estimate of drug-likeness (QED) is 0.863. The van der Waals surface area contributed by atoms with E-state index in [9.17, 15) is 0 Å². The minimum atomic E-state index is 0.334. The van der Waals surface area contributed by atoms with Crippen molar-refractivity contribution in [2.24, 2.45) is 0 Å². The van der Waals surface area contributed by atoms with Gasteiger partial charge in [-0.1, -0.05) is 11.6 Å². The van der Waals surface area contributed by atoms with Crippen LogP contribution in [0.25, 0.3) is 0 Å². The monoisotopic (exact) mass is 349 g/mol. The van der Waals surface area contributed by atoms with Gasteiger partial charge in [0.15, 0.2) is 11.5 Å². The van der Waals surface area contributed by atoms with E-state index in [0.717, 1.165) is 31.5 Å². The molecule has 3 rings (SSSR count). The summed E-state index contributed by atoms with van der Waals surface area (Å²) in [6, 6.07) is 4.23. The van der Waals surface area contributed by atoms with Crippen LogP contribution < -0.4 is 14.8 Å². The van der Waals surface area contributed by atoms with E-state index in [-0.39, 0.29) is 0 Å². The fraction of sp³-hybridized carbons (Fsp3) is 0.500. The Hall–Kier alpha value is -1.72. The zero-order chi connectivity index (χ0) is 17.1. The van der Waals surface area contributed by atoms with Crippen LogP contribution in [0.4, 0.5) is 0 Å². The van der Waals surface area contributed by atoms with E-state index in [4.69, 9.17) is 21.1 Å². The number of aromatic nitrogens is 2. The van der Waals surface area contributed by atoms with Crippen LogP contribution in [-0.4, -0.2) is 24.0 Å². The summed E-state index contributed by atoms with van der Waals surface area (Å²) in [4.78, 5) is 0. The summed E-state index contributed by atoms with van der Waals surface area (Å²) in [5, 5.41) is 8.71. The molecular formula is C18H24ClN3O2. The standard InChI is InChI=1S/C18H24ClN3O2/c1-4-22-16-7-5-6-15(13(16)11-21-22)20-10-12-8-14(19)18(24-3)17(9-12)23-2/h8-9,11,15,20H,4-7,10H2,1-3H3/t15-/m0/s1. The molecule has 0 unspecified atom stereocenters. The summed E-state index contributed by atoms with van der Waals surface area (Å²) in [6.45, 7) is 3.78. The topological polar surface area (TPSA) is 48.3 Å². The Bertz CT molecular complexity index is 715. The average molecular weight is 350 g/mol. The van der Waals surface area contributed by atoms with Crippen molar-refractivity contribution in [2.75, 3.05) is 14.2 Å². The third-order valence-corrected chi connectivity index (χ3v) is 4.89. The Morgan fingerprint density at radius 1 is 1.33 bits per heavy atom. The van der Waals surface area contributed by atoms with Gasteiger partial charge in [-0.25, -0.2) is 0 Å². The third-order valence-electron chi connectivity index (χ3n) is 4.61. The molecule has 0 spiro atoms. The van der Waals surface area contributed by atoms with Gasteiger partial charge in [-0.05, 0) is 43.9 Å². The number of nitrogens with zero attached hydrogens (tertiary/aromatic N) is 2. The third kappa shape index (κ3) is 3.23. The number of fused-ring (bicyclic) bond motifs is 1. The normalized spacial score (nSPS) is 16.8. The number of hydrogen-bond donors (Lipinski definition) is 1. The number of methoxy groups -OCH3 is 2. The van der Waals surface area contributed by atoms with Crippen LogP contribution in [0.15, 0.2) is 18.3 Å². The van der Waals surface area contributed by atoms with E-state index >= 15 is 0 Å². The lowest BCUT2D eigenvalue weighted by atomic mass is 9.93. The minimum absolute atomic E-state index is 0.334. The Kier molecular flexibility index (Phi) is 5.31. The summed E-state index contributed by atoms with van der Waals surface area (Å²) >= 11 is 6.29. The molecule has 1 aliphatic carbocycles. The van der Waals surface area contributed by atoms with Gasteiger partial charge in [0.05, 0.1) is 25.4 Å². The minimum Gasteiger partial charge on any atom is -0.493 e. The van der Waals surface area contributed by atoms with Crippen LogP contribution in [0, 0.1) is 0 Å². The second-order valence-electron chi connectivity index (χ2n) is 6.00. The molecule has 0 fully saturated rings. The Morgan fingerprint density at radius 3 is 2.88 bits per heavy atom. The van der Waals surface area contributed by atoms with Gasteiger partial charge in [0.1, 0.15) is 0 Å². The number of ether oxygens (including phenoxy) is 2. The molecular weight excluding hydrogens is 326 g/mol. The van der Waals surface area contributed by atoms with E-state index in [1.807, 2.05) is 18.3 Å². The largest absolute Gasteiger partial charge is 0.493 e. The van der Waals surface area contributed by atoms with Gasteiger partial charge in [-0.15, -0.1) is 0 Å². The van der Waals surface area contributed by atoms with Crippen LogP contribution in [0.5, 0.6) is 11.5 Å². The highest BCUT2D eigenvalue weighted by Gasteiger charge is 2.23. The molecule has 1 heterocycles. The first-order valence-electron chi connectivity index (χ1n) is 8.36. The van der Waals surface area contributed by atoms with Gasteiger partial charge in [-0.2, -0.15) is 5.10 Å². The highest BCUT2D eigenvalue weighted by molar-refractivity contribution is 6.32. The summed E-state index contributed by atoms with van der Waals surface area (Å²) in [5.74, 6) is 1.23. The molecule has 0 bridgehead atoms. The molecule has 0 aliphatic heterocycles. The lowest BCUT2D eigenvalue weighted by Gasteiger charge is -2.24. The fourth-order valence-electron chi connectivity index (χ4n) is 3.42. The van der Waals surface area contributed by atoms with Gasteiger partial charge in [0, 0.05) is 30.4 Å². The summed E-state index contributed by atoms with van der Waals surface area (Å²) < 4.78 is 12.8. The highest BCUT2D eigenvalue weighted by atomic mass is 35.5. The first-order chi connectivity index (χ1) is 11.7. The molecule has 1 aromatic carbocycles. The van der Waals surface area contributed by atoms with E-state index in [2.05, 4.69) is 22.0 Å². The molecule has 1 aliphatic rings. The lowest BCUT2D eigenvalue weighted by Crippen LogP contribution is -2.25. The molecule has 1 atom stereocenters. The zero-order valence-electron chi connectivity index (χ0n) is 14.4. The smallest absolute Gasteiger partial charge is 0.179 e. The van der Waals surface area contributed by atoms with Crippen LogP contribution in [0.2, 0.25) is 5.02 Å². The van der Waals surface area contributed by atoms with E-state index in [1.54, 1.807) is 14.2 Å². The van der Waals surface area contributed by atoms with Crippen molar-refractivity contribution in [1.82, 2.24) is 15.1 Å². The number of benzene rings is 1. The maximum atomic E-state index is 6.29. The van der Waals surface area contributed by atoms with Crippen LogP contribution in [-0.2, 0) is 19.5 Å². The SMILES string of the molecule is CCn1ncc2c1CCC[C@@H]2NCc1cc(Cl)c(OC)c(OC)c1. The van der Waals surface area contributed by atoms with Crippen molar-refractivity contribution < 1.29 is 9.47 Å². The maximum absolute atomic E-state index is 6.29. The highest BCUT2D eigenvalue weighted by Crippen LogP contribution is 2.36. The molecule has 1 aromatic heterocycles. The number of halogens is 1. The molecule has 0 saturated heterocycles. The van der Waals surface area contributed by atoms with Gasteiger partial charge in [0.2, 0.25) is 0 Å². The van der Waals surface area contributed by atoms with E-state index in [0.29, 0.717) is 22.6 Å². The van der Waals surface area contributed by atoms with Crippen molar-refractivity contribution in [3.8, 4) is 11.5 Å². The van der Waals surface area contributed by atoms with Crippen molar-refractivity contribution in [3.05, 3.63) is 40.2 Å². The molecule has 6 heteroatoms. The van der Waals surface area contributed by atoms with E-state index < -0.39 is 0 Å². The maximum Gasteiger partial charge on any atom is 0.179 e. The summed E-state index contributed by atoms with van der Waals surface area (Å²) in [5.41, 5.74) is 3.77. The van der Waals surface area contributed by atoms with Crippen LogP contribution >= 0.6 is 11.6 Å². The molecule has 0 saturated carbocycles. The summed E-state index contributed by atoms with van der Waals surface area (Å²) in [6.07, 6.45) is 5.44. The van der Waals surface area contributed by atoms with Crippen molar-refractivity contribution in [2.45, 2.75) is 45.3 Å². The first kappa shape index (κ1) is 17.1. The number of nitrogens with one attached hydrogen (secondary N) is 1. The van der Waals surface area contributed by atoms with Gasteiger partial charge >= 0.3 is 0 Å². The molecule has 0 radical (unpaired) electrons. The van der Waals surface area contributed by atoms with Gasteiger partial charge in [0.25, 0.3) is 0 Å². The number of aryl methyl sites for hydroxylation is 1. The van der Waals surface area contributed by atoms with Crippen LogP contribution in [0.3, 0.4) is 0 Å². The Labute approximate surface area is 147 Å². The van der Waals surface area contributed by atoms with Crippen molar-refractivity contribution >= 4 is 11.6 Å². The molecule has 24 heavy (non-hydrogen) atoms. The number of rotatable bonds is 6. The molecule has 2 aromatic rings.